The lowest BCUT2D eigenvalue weighted by Crippen LogP contribution is -2.28. The molecule has 2 fully saturated rings. The van der Waals surface area contributed by atoms with Gasteiger partial charge in [0.25, 0.3) is 0 Å². The van der Waals surface area contributed by atoms with Crippen LogP contribution in [-0.2, 0) is 0 Å². The first-order valence-electron chi connectivity index (χ1n) is 6.48. The predicted molar refractivity (Wildman–Crippen MR) is 61.2 cm³/mol. The fourth-order valence-corrected chi connectivity index (χ4v) is 2.71. The van der Waals surface area contributed by atoms with Crippen LogP contribution < -0.4 is 0 Å². The van der Waals surface area contributed by atoms with Gasteiger partial charge < -0.3 is 4.90 Å². The van der Waals surface area contributed by atoms with E-state index in [9.17, 15) is 4.39 Å². The second kappa shape index (κ2) is 5.53. The second-order valence-corrected chi connectivity index (χ2v) is 4.94. The minimum absolute atomic E-state index is 0.0570. The fraction of sp³-hybridized carbons (Fsp3) is 0.846. The summed E-state index contributed by atoms with van der Waals surface area (Å²) in [5.41, 5.74) is 0. The van der Waals surface area contributed by atoms with Crippen molar-refractivity contribution in [1.29, 1.82) is 0 Å². The molecular weight excluding hydrogens is 189 g/mol. The number of rotatable bonds is 2. The predicted octanol–water partition coefficient (Wildman–Crippen LogP) is 3.86. The van der Waals surface area contributed by atoms with Gasteiger partial charge in [-0.1, -0.05) is 19.3 Å². The zero-order valence-corrected chi connectivity index (χ0v) is 9.55. The van der Waals surface area contributed by atoms with E-state index >= 15 is 0 Å². The van der Waals surface area contributed by atoms with Crippen molar-refractivity contribution in [2.24, 2.45) is 5.92 Å². The van der Waals surface area contributed by atoms with E-state index in [1.165, 1.54) is 38.5 Å². The van der Waals surface area contributed by atoms with Gasteiger partial charge in [0.1, 0.15) is 0 Å². The van der Waals surface area contributed by atoms with Gasteiger partial charge in [0.05, 0.1) is 0 Å². The normalized spacial score (nSPS) is 25.7. The Balaban J connectivity index is 1.86. The van der Waals surface area contributed by atoms with Gasteiger partial charge in [-0.15, -0.1) is 0 Å². The summed E-state index contributed by atoms with van der Waals surface area (Å²) in [6.45, 7) is 1.85. The Kier molecular flexibility index (Phi) is 4.04. The highest BCUT2D eigenvalue weighted by atomic mass is 19.1. The average molecular weight is 211 g/mol. The first-order valence-corrected chi connectivity index (χ1v) is 6.48. The maximum absolute atomic E-state index is 13.9. The summed E-state index contributed by atoms with van der Waals surface area (Å²) in [5, 5.41) is 0. The third-order valence-electron chi connectivity index (χ3n) is 3.68. The summed E-state index contributed by atoms with van der Waals surface area (Å²) < 4.78 is 13.9. The van der Waals surface area contributed by atoms with Crippen LogP contribution in [0.5, 0.6) is 0 Å². The van der Waals surface area contributed by atoms with Crippen molar-refractivity contribution in [2.45, 2.75) is 51.4 Å². The highest BCUT2D eigenvalue weighted by molar-refractivity contribution is 4.97. The Morgan fingerprint density at radius 1 is 0.933 bits per heavy atom. The van der Waals surface area contributed by atoms with Crippen LogP contribution in [0.15, 0.2) is 12.0 Å². The Morgan fingerprint density at radius 3 is 2.20 bits per heavy atom. The Morgan fingerprint density at radius 2 is 1.53 bits per heavy atom. The second-order valence-electron chi connectivity index (χ2n) is 4.94. The lowest BCUT2D eigenvalue weighted by molar-refractivity contribution is 0.224. The van der Waals surface area contributed by atoms with Crippen LogP contribution in [-0.4, -0.2) is 18.0 Å². The lowest BCUT2D eigenvalue weighted by atomic mass is 9.89. The molecule has 1 aliphatic heterocycles. The summed E-state index contributed by atoms with van der Waals surface area (Å²) >= 11 is 0. The first kappa shape index (κ1) is 11.0. The molecule has 1 saturated carbocycles. The standard InChI is InChI=1S/C13H22FN/c14-13(15-9-5-2-6-10-15)11-12-7-3-1-4-8-12/h11-12H,1-10H2/b13-11-. The quantitative estimate of drug-likeness (QED) is 0.627. The molecule has 2 aliphatic rings. The number of nitrogens with zero attached hydrogens (tertiary/aromatic N) is 1. The van der Waals surface area contributed by atoms with Gasteiger partial charge in [-0.2, -0.15) is 4.39 Å². The summed E-state index contributed by atoms with van der Waals surface area (Å²) in [6, 6.07) is 0. The smallest absolute Gasteiger partial charge is 0.185 e. The maximum Gasteiger partial charge on any atom is 0.185 e. The molecule has 0 atom stereocenters. The molecule has 0 aromatic carbocycles. The van der Waals surface area contributed by atoms with Crippen molar-refractivity contribution < 1.29 is 4.39 Å². The number of likely N-dealkylation sites (tertiary alicyclic amines) is 1. The molecule has 0 aromatic rings. The topological polar surface area (TPSA) is 3.24 Å². The molecule has 2 rings (SSSR count). The third-order valence-corrected chi connectivity index (χ3v) is 3.68. The molecule has 0 amide bonds. The molecular formula is C13H22FN. The third kappa shape index (κ3) is 3.22. The molecule has 1 saturated heterocycles. The van der Waals surface area contributed by atoms with Crippen molar-refractivity contribution in [2.75, 3.05) is 13.1 Å². The molecule has 1 heterocycles. The van der Waals surface area contributed by atoms with Crippen LogP contribution >= 0.6 is 0 Å². The molecule has 0 aromatic heterocycles. The first-order chi connectivity index (χ1) is 7.36. The van der Waals surface area contributed by atoms with Gasteiger partial charge in [-0.05, 0) is 44.1 Å². The van der Waals surface area contributed by atoms with Crippen molar-refractivity contribution in [1.82, 2.24) is 4.90 Å². The number of hydrogen-bond acceptors (Lipinski definition) is 1. The highest BCUT2D eigenvalue weighted by Crippen LogP contribution is 2.27. The van der Waals surface area contributed by atoms with E-state index in [2.05, 4.69) is 0 Å². The van der Waals surface area contributed by atoms with E-state index in [0.717, 1.165) is 25.9 Å². The van der Waals surface area contributed by atoms with Crippen molar-refractivity contribution in [3.8, 4) is 0 Å². The van der Waals surface area contributed by atoms with E-state index in [-0.39, 0.29) is 5.95 Å². The van der Waals surface area contributed by atoms with Gasteiger partial charge in [0.2, 0.25) is 0 Å². The molecule has 0 N–H and O–H groups in total. The van der Waals surface area contributed by atoms with Crippen molar-refractivity contribution in [3.63, 3.8) is 0 Å². The summed E-state index contributed by atoms with van der Waals surface area (Å²) in [4.78, 5) is 1.93. The minimum Gasteiger partial charge on any atom is -0.349 e. The molecule has 15 heavy (non-hydrogen) atoms. The van der Waals surface area contributed by atoms with E-state index in [1.807, 2.05) is 11.0 Å². The largest absolute Gasteiger partial charge is 0.349 e. The Bertz CT molecular complexity index is 213. The monoisotopic (exact) mass is 211 g/mol. The van der Waals surface area contributed by atoms with Gasteiger partial charge in [-0.3, -0.25) is 0 Å². The summed E-state index contributed by atoms with van der Waals surface area (Å²) in [5.74, 6) is 0.572. The molecule has 0 spiro atoms. The number of hydrogen-bond donors (Lipinski definition) is 0. The van der Waals surface area contributed by atoms with Crippen LogP contribution in [0.4, 0.5) is 4.39 Å². The van der Waals surface area contributed by atoms with Gasteiger partial charge in [-0.25, -0.2) is 0 Å². The van der Waals surface area contributed by atoms with Crippen LogP contribution in [0.3, 0.4) is 0 Å². The molecule has 1 aliphatic carbocycles. The number of piperidine rings is 1. The average Bonchev–Trinajstić information content (AvgIpc) is 2.31. The Hall–Kier alpha value is -0.530. The van der Waals surface area contributed by atoms with Gasteiger partial charge >= 0.3 is 0 Å². The van der Waals surface area contributed by atoms with Crippen LogP contribution in [0.25, 0.3) is 0 Å². The fourth-order valence-electron chi connectivity index (χ4n) is 2.71. The number of allylic oxidation sites excluding steroid dienone is 1. The van der Waals surface area contributed by atoms with E-state index in [1.54, 1.807) is 0 Å². The minimum atomic E-state index is 0.0570. The lowest BCUT2D eigenvalue weighted by Gasteiger charge is -2.28. The molecule has 86 valence electrons. The van der Waals surface area contributed by atoms with E-state index in [4.69, 9.17) is 0 Å². The molecule has 2 heteroatoms. The molecule has 0 radical (unpaired) electrons. The van der Waals surface area contributed by atoms with Crippen molar-refractivity contribution >= 4 is 0 Å². The van der Waals surface area contributed by atoms with Crippen LogP contribution in [0, 0.1) is 5.92 Å². The zero-order chi connectivity index (χ0) is 10.5. The van der Waals surface area contributed by atoms with E-state index < -0.39 is 0 Å². The number of halogens is 1. The van der Waals surface area contributed by atoms with Crippen LogP contribution in [0.2, 0.25) is 0 Å². The SMILES string of the molecule is F/C(=C/C1CCCCC1)N1CCCCC1. The zero-order valence-electron chi connectivity index (χ0n) is 9.55. The molecule has 0 bridgehead atoms. The van der Waals surface area contributed by atoms with Gasteiger partial charge in [0.15, 0.2) is 5.95 Å². The van der Waals surface area contributed by atoms with Crippen molar-refractivity contribution in [3.05, 3.63) is 12.0 Å². The van der Waals surface area contributed by atoms with E-state index in [0.29, 0.717) is 5.92 Å². The van der Waals surface area contributed by atoms with Gasteiger partial charge in [0, 0.05) is 13.1 Å². The van der Waals surface area contributed by atoms with Crippen LogP contribution in [0.1, 0.15) is 51.4 Å². The maximum atomic E-state index is 13.9. The summed E-state index contributed by atoms with van der Waals surface area (Å²) in [6.07, 6.45) is 11.8. The molecule has 1 nitrogen and oxygen atoms in total. The summed E-state index contributed by atoms with van der Waals surface area (Å²) in [7, 11) is 0. The Labute approximate surface area is 92.3 Å². The highest BCUT2D eigenvalue weighted by Gasteiger charge is 2.16. The molecule has 0 unspecified atom stereocenters.